The molecule has 90 valence electrons. The monoisotopic (exact) mass is 238 g/mol. The SMILES string of the molecule is Cn1cc(CNc2c(N)ccc(F)c2F)cn1. The third-order valence-corrected chi connectivity index (χ3v) is 2.35. The number of nitrogens with one attached hydrogen (secondary N) is 1. The molecule has 0 bridgehead atoms. The lowest BCUT2D eigenvalue weighted by atomic mass is 10.2. The Bertz CT molecular complexity index is 536. The first-order valence-corrected chi connectivity index (χ1v) is 5.03. The Kier molecular flexibility index (Phi) is 2.95. The number of hydrogen-bond acceptors (Lipinski definition) is 3. The number of benzene rings is 1. The van der Waals surface area contributed by atoms with E-state index < -0.39 is 11.6 Å². The fraction of sp³-hybridized carbons (Fsp3) is 0.182. The number of anilines is 2. The van der Waals surface area contributed by atoms with Crippen molar-refractivity contribution in [2.75, 3.05) is 11.1 Å². The summed E-state index contributed by atoms with van der Waals surface area (Å²) in [7, 11) is 1.78. The van der Waals surface area contributed by atoms with E-state index in [9.17, 15) is 8.78 Å². The van der Waals surface area contributed by atoms with Crippen LogP contribution in [0.2, 0.25) is 0 Å². The zero-order valence-electron chi connectivity index (χ0n) is 9.24. The second-order valence-electron chi connectivity index (χ2n) is 3.70. The molecule has 0 aliphatic carbocycles. The highest BCUT2D eigenvalue weighted by Gasteiger charge is 2.11. The molecular formula is C11H12F2N4. The highest BCUT2D eigenvalue weighted by atomic mass is 19.2. The van der Waals surface area contributed by atoms with E-state index in [1.807, 2.05) is 0 Å². The summed E-state index contributed by atoms with van der Waals surface area (Å²) in [6.45, 7) is 0.332. The van der Waals surface area contributed by atoms with Gasteiger partial charge in [-0.3, -0.25) is 4.68 Å². The number of nitrogens with two attached hydrogens (primary N) is 1. The molecule has 0 saturated heterocycles. The van der Waals surface area contributed by atoms with E-state index in [0.29, 0.717) is 6.54 Å². The van der Waals surface area contributed by atoms with Gasteiger partial charge in [0, 0.05) is 25.4 Å². The van der Waals surface area contributed by atoms with Crippen LogP contribution in [0.25, 0.3) is 0 Å². The summed E-state index contributed by atoms with van der Waals surface area (Å²) in [5, 5.41) is 6.73. The van der Waals surface area contributed by atoms with Crippen LogP contribution in [-0.4, -0.2) is 9.78 Å². The Balaban J connectivity index is 2.16. The van der Waals surface area contributed by atoms with Crippen molar-refractivity contribution in [1.82, 2.24) is 9.78 Å². The molecule has 2 aromatic rings. The second-order valence-corrected chi connectivity index (χ2v) is 3.70. The van der Waals surface area contributed by atoms with Crippen LogP contribution in [0, 0.1) is 11.6 Å². The van der Waals surface area contributed by atoms with Gasteiger partial charge in [-0.2, -0.15) is 5.10 Å². The minimum absolute atomic E-state index is 0.0196. The van der Waals surface area contributed by atoms with Crippen molar-refractivity contribution in [2.24, 2.45) is 7.05 Å². The summed E-state index contributed by atoms with van der Waals surface area (Å²) in [6, 6.07) is 2.32. The third kappa shape index (κ3) is 2.35. The van der Waals surface area contributed by atoms with Crippen molar-refractivity contribution >= 4 is 11.4 Å². The van der Waals surface area contributed by atoms with Crippen molar-refractivity contribution in [1.29, 1.82) is 0 Å². The minimum Gasteiger partial charge on any atom is -0.397 e. The van der Waals surface area contributed by atoms with Crippen LogP contribution in [0.3, 0.4) is 0 Å². The molecule has 0 radical (unpaired) electrons. The van der Waals surface area contributed by atoms with Gasteiger partial charge in [0.2, 0.25) is 0 Å². The molecular weight excluding hydrogens is 226 g/mol. The van der Waals surface area contributed by atoms with Gasteiger partial charge >= 0.3 is 0 Å². The van der Waals surface area contributed by atoms with Gasteiger partial charge in [-0.05, 0) is 12.1 Å². The molecule has 0 amide bonds. The van der Waals surface area contributed by atoms with Gasteiger partial charge in [0.1, 0.15) is 0 Å². The number of rotatable bonds is 3. The maximum Gasteiger partial charge on any atom is 0.183 e. The van der Waals surface area contributed by atoms with Crippen LogP contribution in [0.5, 0.6) is 0 Å². The van der Waals surface area contributed by atoms with Gasteiger partial charge in [-0.1, -0.05) is 0 Å². The van der Waals surface area contributed by atoms with Crippen molar-refractivity contribution in [3.05, 3.63) is 41.7 Å². The summed E-state index contributed by atoms with van der Waals surface area (Å²) >= 11 is 0. The molecule has 0 spiro atoms. The molecule has 0 fully saturated rings. The molecule has 0 aliphatic heterocycles. The van der Waals surface area contributed by atoms with Crippen LogP contribution in [0.15, 0.2) is 24.5 Å². The molecule has 0 saturated carbocycles. The Hall–Kier alpha value is -2.11. The summed E-state index contributed by atoms with van der Waals surface area (Å²) in [5.41, 5.74) is 6.58. The van der Waals surface area contributed by atoms with Crippen LogP contribution < -0.4 is 11.1 Å². The molecule has 0 unspecified atom stereocenters. The summed E-state index contributed by atoms with van der Waals surface area (Å²) in [5.74, 6) is -1.89. The Morgan fingerprint density at radius 2 is 2.18 bits per heavy atom. The lowest BCUT2D eigenvalue weighted by Gasteiger charge is -2.09. The summed E-state index contributed by atoms with van der Waals surface area (Å²) in [4.78, 5) is 0. The molecule has 0 aliphatic rings. The van der Waals surface area contributed by atoms with Crippen molar-refractivity contribution < 1.29 is 8.78 Å². The van der Waals surface area contributed by atoms with E-state index in [4.69, 9.17) is 5.73 Å². The van der Waals surface area contributed by atoms with E-state index in [-0.39, 0.29) is 11.4 Å². The minimum atomic E-state index is -0.964. The standard InChI is InChI=1S/C11H12F2N4/c1-17-6-7(5-16-17)4-15-11-9(14)3-2-8(12)10(11)13/h2-3,5-6,15H,4,14H2,1H3. The number of hydrogen-bond donors (Lipinski definition) is 2. The molecule has 1 heterocycles. The normalized spacial score (nSPS) is 10.5. The van der Waals surface area contributed by atoms with E-state index in [1.165, 1.54) is 6.07 Å². The fourth-order valence-electron chi connectivity index (χ4n) is 1.50. The van der Waals surface area contributed by atoms with Crippen molar-refractivity contribution in [3.8, 4) is 0 Å². The number of nitrogens with zero attached hydrogens (tertiary/aromatic N) is 2. The molecule has 1 aromatic heterocycles. The van der Waals surface area contributed by atoms with Gasteiger partial charge in [0.05, 0.1) is 17.6 Å². The molecule has 0 atom stereocenters. The van der Waals surface area contributed by atoms with E-state index in [2.05, 4.69) is 10.4 Å². The topological polar surface area (TPSA) is 55.9 Å². The largest absolute Gasteiger partial charge is 0.397 e. The molecule has 3 N–H and O–H groups in total. The van der Waals surface area contributed by atoms with E-state index in [1.54, 1.807) is 24.1 Å². The zero-order valence-corrected chi connectivity index (χ0v) is 9.24. The Labute approximate surface area is 97.0 Å². The van der Waals surface area contributed by atoms with Crippen LogP contribution >= 0.6 is 0 Å². The zero-order chi connectivity index (χ0) is 12.4. The molecule has 2 rings (SSSR count). The number of nitrogen functional groups attached to an aromatic ring is 1. The third-order valence-electron chi connectivity index (χ3n) is 2.35. The molecule has 1 aromatic carbocycles. The quantitative estimate of drug-likeness (QED) is 0.803. The number of aromatic nitrogens is 2. The van der Waals surface area contributed by atoms with Crippen LogP contribution in [0.1, 0.15) is 5.56 Å². The predicted octanol–water partition coefficient (Wildman–Crippen LogP) is 1.89. The first-order chi connectivity index (χ1) is 8.08. The van der Waals surface area contributed by atoms with Gasteiger partial charge < -0.3 is 11.1 Å². The Morgan fingerprint density at radius 3 is 2.82 bits per heavy atom. The van der Waals surface area contributed by atoms with Gasteiger partial charge in [-0.25, -0.2) is 8.78 Å². The highest BCUT2D eigenvalue weighted by Crippen LogP contribution is 2.24. The second kappa shape index (κ2) is 4.40. The van der Waals surface area contributed by atoms with Crippen LogP contribution in [0.4, 0.5) is 20.2 Å². The van der Waals surface area contributed by atoms with Gasteiger partial charge in [0.25, 0.3) is 0 Å². The summed E-state index contributed by atoms with van der Waals surface area (Å²) in [6.07, 6.45) is 3.42. The summed E-state index contributed by atoms with van der Waals surface area (Å²) < 4.78 is 28.1. The van der Waals surface area contributed by atoms with Crippen molar-refractivity contribution in [2.45, 2.75) is 6.54 Å². The first kappa shape index (κ1) is 11.4. The average molecular weight is 238 g/mol. The molecule has 6 heteroatoms. The molecule has 4 nitrogen and oxygen atoms in total. The number of halogens is 2. The first-order valence-electron chi connectivity index (χ1n) is 5.03. The van der Waals surface area contributed by atoms with E-state index in [0.717, 1.165) is 11.6 Å². The fourth-order valence-corrected chi connectivity index (χ4v) is 1.50. The van der Waals surface area contributed by atoms with Gasteiger partial charge in [-0.15, -0.1) is 0 Å². The lowest BCUT2D eigenvalue weighted by molar-refractivity contribution is 0.511. The predicted molar refractivity (Wildman–Crippen MR) is 61.3 cm³/mol. The van der Waals surface area contributed by atoms with E-state index >= 15 is 0 Å². The Morgan fingerprint density at radius 1 is 1.41 bits per heavy atom. The average Bonchev–Trinajstić information content (AvgIpc) is 2.70. The van der Waals surface area contributed by atoms with Crippen LogP contribution in [-0.2, 0) is 13.6 Å². The maximum atomic E-state index is 13.4. The maximum absolute atomic E-state index is 13.4. The van der Waals surface area contributed by atoms with Crippen molar-refractivity contribution in [3.63, 3.8) is 0 Å². The molecule has 17 heavy (non-hydrogen) atoms. The lowest BCUT2D eigenvalue weighted by Crippen LogP contribution is -2.05. The number of aryl methyl sites for hydroxylation is 1. The van der Waals surface area contributed by atoms with Gasteiger partial charge in [0.15, 0.2) is 11.6 Å². The highest BCUT2D eigenvalue weighted by molar-refractivity contribution is 5.66. The smallest absolute Gasteiger partial charge is 0.183 e.